The number of benzene rings is 3. The lowest BCUT2D eigenvalue weighted by atomic mass is 10.1. The normalized spacial score (nSPS) is 10.9. The van der Waals surface area contributed by atoms with Crippen LogP contribution in [0.1, 0.15) is 11.1 Å². The van der Waals surface area contributed by atoms with Crippen LogP contribution in [0.5, 0.6) is 0 Å². The van der Waals surface area contributed by atoms with Crippen LogP contribution in [0.2, 0.25) is 0 Å². The van der Waals surface area contributed by atoms with Crippen molar-refractivity contribution in [3.8, 4) is 11.3 Å². The van der Waals surface area contributed by atoms with Gasteiger partial charge in [0.2, 0.25) is 11.8 Å². The molecule has 0 radical (unpaired) electrons. The molecule has 0 unspecified atom stereocenters. The van der Waals surface area contributed by atoms with Crippen LogP contribution >= 0.6 is 11.8 Å². The average molecular weight is 469 g/mol. The van der Waals surface area contributed by atoms with Gasteiger partial charge in [-0.2, -0.15) is 5.10 Å². The van der Waals surface area contributed by atoms with Gasteiger partial charge in [-0.15, -0.1) is 11.8 Å². The fourth-order valence-corrected chi connectivity index (χ4v) is 4.16. The summed E-state index contributed by atoms with van der Waals surface area (Å²) in [6.07, 6.45) is 5.20. The minimum absolute atomic E-state index is 0.143. The van der Waals surface area contributed by atoms with Crippen molar-refractivity contribution in [2.75, 3.05) is 11.1 Å². The van der Waals surface area contributed by atoms with E-state index in [2.05, 4.69) is 17.4 Å². The maximum atomic E-state index is 12.7. The minimum atomic E-state index is -0.410. The van der Waals surface area contributed by atoms with E-state index in [-0.39, 0.29) is 11.7 Å². The van der Waals surface area contributed by atoms with Gasteiger partial charge in [0.15, 0.2) is 0 Å². The lowest BCUT2D eigenvalue weighted by Crippen LogP contribution is -2.13. The highest BCUT2D eigenvalue weighted by Crippen LogP contribution is 2.27. The smallest absolute Gasteiger partial charge is 0.248 e. The summed E-state index contributed by atoms with van der Waals surface area (Å²) in [4.78, 5) is 24.6. The number of amides is 2. The molecule has 7 heteroatoms. The number of primary amides is 1. The Balaban J connectivity index is 1.55. The van der Waals surface area contributed by atoms with Crippen molar-refractivity contribution < 1.29 is 9.59 Å². The van der Waals surface area contributed by atoms with Crippen LogP contribution in [-0.4, -0.2) is 27.3 Å². The molecule has 6 nitrogen and oxygen atoms in total. The Morgan fingerprint density at radius 3 is 2.35 bits per heavy atom. The summed E-state index contributed by atoms with van der Waals surface area (Å²) in [5.41, 5.74) is 9.64. The molecule has 0 spiro atoms. The SMILES string of the molecule is NC(=O)CSc1ccccc1NC(=O)C=Cc1cn(Cc2ccccc2)nc1-c1ccccc1. The molecule has 3 N–H and O–H groups in total. The van der Waals surface area contributed by atoms with Gasteiger partial charge in [-0.05, 0) is 23.8 Å². The standard InChI is InChI=1S/C27H24N4O2S/c28-25(32)19-34-24-14-8-7-13-23(24)29-26(33)16-15-22-18-31(17-20-9-3-1-4-10-20)30-27(22)21-11-5-2-6-12-21/h1-16,18H,17,19H2,(H2,28,32)(H,29,33). The molecule has 170 valence electrons. The molecule has 4 aromatic rings. The first-order chi connectivity index (χ1) is 16.6. The summed E-state index contributed by atoms with van der Waals surface area (Å²) in [5, 5.41) is 7.66. The predicted molar refractivity (Wildman–Crippen MR) is 137 cm³/mol. The van der Waals surface area contributed by atoms with Gasteiger partial charge in [0, 0.05) is 28.3 Å². The Morgan fingerprint density at radius 1 is 0.941 bits per heavy atom. The number of aromatic nitrogens is 2. The zero-order valence-electron chi connectivity index (χ0n) is 18.4. The molecule has 0 aliphatic rings. The molecule has 4 rings (SSSR count). The largest absolute Gasteiger partial charge is 0.369 e. The number of anilines is 1. The number of hydrogen-bond donors (Lipinski definition) is 2. The van der Waals surface area contributed by atoms with Gasteiger partial charge >= 0.3 is 0 Å². The monoisotopic (exact) mass is 468 g/mol. The van der Waals surface area contributed by atoms with Gasteiger partial charge in [0.1, 0.15) is 0 Å². The van der Waals surface area contributed by atoms with Gasteiger partial charge in [0.25, 0.3) is 0 Å². The Labute approximate surface area is 202 Å². The average Bonchev–Trinajstić information content (AvgIpc) is 3.26. The van der Waals surface area contributed by atoms with Crippen molar-refractivity contribution in [2.45, 2.75) is 11.4 Å². The number of thioether (sulfide) groups is 1. The molecule has 0 fully saturated rings. The van der Waals surface area contributed by atoms with Crippen LogP contribution in [0.25, 0.3) is 17.3 Å². The second-order valence-corrected chi connectivity index (χ2v) is 8.57. The lowest BCUT2D eigenvalue weighted by Gasteiger charge is -2.08. The third-order valence-corrected chi connectivity index (χ3v) is 6.05. The van der Waals surface area contributed by atoms with Crippen LogP contribution < -0.4 is 11.1 Å². The van der Waals surface area contributed by atoms with E-state index in [1.165, 1.54) is 17.8 Å². The van der Waals surface area contributed by atoms with Crippen molar-refractivity contribution in [3.05, 3.63) is 108 Å². The van der Waals surface area contributed by atoms with Crippen LogP contribution in [-0.2, 0) is 16.1 Å². The third-order valence-electron chi connectivity index (χ3n) is 4.95. The molecule has 3 aromatic carbocycles. The molecule has 0 atom stereocenters. The number of para-hydroxylation sites is 1. The molecular formula is C27H24N4O2S. The van der Waals surface area contributed by atoms with E-state index in [4.69, 9.17) is 10.8 Å². The molecule has 1 heterocycles. The summed E-state index contributed by atoms with van der Waals surface area (Å²) in [5.74, 6) is -0.544. The molecule has 0 aliphatic heterocycles. The van der Waals surface area contributed by atoms with Gasteiger partial charge in [-0.1, -0.05) is 72.8 Å². The van der Waals surface area contributed by atoms with Crippen LogP contribution in [0, 0.1) is 0 Å². The van der Waals surface area contributed by atoms with E-state index >= 15 is 0 Å². The number of nitrogens with zero attached hydrogens (tertiary/aromatic N) is 2. The molecule has 0 aliphatic carbocycles. The van der Waals surface area contributed by atoms with E-state index < -0.39 is 5.91 Å². The number of rotatable bonds is 9. The molecule has 34 heavy (non-hydrogen) atoms. The van der Waals surface area contributed by atoms with Gasteiger partial charge in [-0.3, -0.25) is 14.3 Å². The summed E-state index contributed by atoms with van der Waals surface area (Å²) in [6, 6.07) is 27.3. The summed E-state index contributed by atoms with van der Waals surface area (Å²) < 4.78 is 1.88. The molecule has 0 bridgehead atoms. The van der Waals surface area contributed by atoms with Crippen molar-refractivity contribution in [2.24, 2.45) is 5.73 Å². The molecule has 2 amide bonds. The Bertz CT molecular complexity index is 1300. The summed E-state index contributed by atoms with van der Waals surface area (Å²) in [6.45, 7) is 0.630. The fourth-order valence-electron chi connectivity index (χ4n) is 3.42. The summed E-state index contributed by atoms with van der Waals surface area (Å²) in [7, 11) is 0. The quantitative estimate of drug-likeness (QED) is 0.272. The maximum absolute atomic E-state index is 12.7. The van der Waals surface area contributed by atoms with Crippen LogP contribution in [0.3, 0.4) is 0 Å². The second-order valence-electron chi connectivity index (χ2n) is 7.56. The Hall–Kier alpha value is -4.10. The second kappa shape index (κ2) is 11.2. The molecule has 1 aromatic heterocycles. The highest BCUT2D eigenvalue weighted by molar-refractivity contribution is 8.00. The Morgan fingerprint density at radius 2 is 1.62 bits per heavy atom. The van der Waals surface area contributed by atoms with Crippen molar-refractivity contribution in [1.29, 1.82) is 0 Å². The van der Waals surface area contributed by atoms with Crippen LogP contribution in [0.15, 0.2) is 102 Å². The number of carbonyl (C=O) groups excluding carboxylic acids is 2. The number of carbonyl (C=O) groups is 2. The summed E-state index contributed by atoms with van der Waals surface area (Å²) >= 11 is 1.29. The van der Waals surface area contributed by atoms with Gasteiger partial charge < -0.3 is 11.1 Å². The molecule has 0 saturated heterocycles. The third kappa shape index (κ3) is 6.24. The van der Waals surface area contributed by atoms with E-state index in [1.807, 2.05) is 77.6 Å². The van der Waals surface area contributed by atoms with E-state index in [1.54, 1.807) is 12.1 Å². The van der Waals surface area contributed by atoms with E-state index in [0.717, 1.165) is 27.3 Å². The van der Waals surface area contributed by atoms with Crippen molar-refractivity contribution in [1.82, 2.24) is 9.78 Å². The highest BCUT2D eigenvalue weighted by atomic mass is 32.2. The zero-order valence-corrected chi connectivity index (χ0v) is 19.2. The minimum Gasteiger partial charge on any atom is -0.369 e. The molecular weight excluding hydrogens is 444 g/mol. The van der Waals surface area contributed by atoms with Crippen molar-refractivity contribution >= 4 is 35.3 Å². The molecule has 0 saturated carbocycles. The lowest BCUT2D eigenvalue weighted by molar-refractivity contribution is -0.115. The number of nitrogens with one attached hydrogen (secondary N) is 1. The number of hydrogen-bond acceptors (Lipinski definition) is 4. The van der Waals surface area contributed by atoms with Crippen molar-refractivity contribution in [3.63, 3.8) is 0 Å². The first kappa shape index (κ1) is 23.1. The zero-order chi connectivity index (χ0) is 23.8. The van der Waals surface area contributed by atoms with Gasteiger partial charge in [0.05, 0.1) is 23.7 Å². The fraction of sp³-hybridized carbons (Fsp3) is 0.0741. The first-order valence-electron chi connectivity index (χ1n) is 10.7. The van der Waals surface area contributed by atoms with Crippen LogP contribution in [0.4, 0.5) is 5.69 Å². The van der Waals surface area contributed by atoms with E-state index in [0.29, 0.717) is 12.2 Å². The van der Waals surface area contributed by atoms with E-state index in [9.17, 15) is 9.59 Å². The predicted octanol–water partition coefficient (Wildman–Crippen LogP) is 4.83. The first-order valence-corrected chi connectivity index (χ1v) is 11.7. The highest BCUT2D eigenvalue weighted by Gasteiger charge is 2.11. The maximum Gasteiger partial charge on any atom is 0.248 e. The van der Waals surface area contributed by atoms with Gasteiger partial charge in [-0.25, -0.2) is 0 Å². The topological polar surface area (TPSA) is 90.0 Å². The number of nitrogens with two attached hydrogens (primary N) is 1. The Kier molecular flexibility index (Phi) is 7.57.